The molecule has 2 N–H and O–H groups in total. The molecule has 158 valence electrons. The maximum atomic E-state index is 14.2. The van der Waals surface area contributed by atoms with Gasteiger partial charge in [-0.05, 0) is 31.4 Å². The minimum absolute atomic E-state index is 0.156. The Balaban J connectivity index is 1.52. The van der Waals surface area contributed by atoms with Crippen LogP contribution in [0.15, 0.2) is 48.9 Å². The number of nitrogens with one attached hydrogen (secondary N) is 1. The summed E-state index contributed by atoms with van der Waals surface area (Å²) < 4.78 is 16.0. The Bertz CT molecular complexity index is 1360. The molecule has 0 spiro atoms. The zero-order chi connectivity index (χ0) is 22.1. The van der Waals surface area contributed by atoms with Crippen LogP contribution < -0.4 is 5.32 Å². The Morgan fingerprint density at radius 3 is 2.91 bits per heavy atom. The number of hydrogen-bond acceptors (Lipinski definition) is 7. The van der Waals surface area contributed by atoms with Crippen molar-refractivity contribution in [1.29, 1.82) is 5.26 Å². The van der Waals surface area contributed by atoms with E-state index in [0.717, 1.165) is 30.5 Å². The fourth-order valence-corrected chi connectivity index (χ4v) is 3.91. The Morgan fingerprint density at radius 2 is 2.06 bits per heavy atom. The summed E-state index contributed by atoms with van der Waals surface area (Å²) in [7, 11) is 0. The summed E-state index contributed by atoms with van der Waals surface area (Å²) in [4.78, 5) is 12.7. The van der Waals surface area contributed by atoms with Crippen molar-refractivity contribution in [1.82, 2.24) is 24.7 Å². The van der Waals surface area contributed by atoms with Crippen molar-refractivity contribution in [3.63, 3.8) is 0 Å². The average Bonchev–Trinajstić information content (AvgIpc) is 3.41. The van der Waals surface area contributed by atoms with Crippen LogP contribution in [0.2, 0.25) is 0 Å². The molecule has 4 aromatic rings. The van der Waals surface area contributed by atoms with Gasteiger partial charge in [0.2, 0.25) is 0 Å². The quantitative estimate of drug-likeness (QED) is 0.499. The predicted molar refractivity (Wildman–Crippen MR) is 115 cm³/mol. The molecule has 0 radical (unpaired) electrons. The van der Waals surface area contributed by atoms with E-state index in [2.05, 4.69) is 26.3 Å². The predicted octanol–water partition coefficient (Wildman–Crippen LogP) is 3.73. The van der Waals surface area contributed by atoms with E-state index in [0.29, 0.717) is 34.9 Å². The molecule has 32 heavy (non-hydrogen) atoms. The van der Waals surface area contributed by atoms with Gasteiger partial charge in [0.05, 0.1) is 24.0 Å². The fraction of sp³-hybridized carbons (Fsp3) is 0.174. The number of pyridine rings is 1. The second-order valence-electron chi connectivity index (χ2n) is 7.46. The first kappa shape index (κ1) is 19.6. The number of halogens is 1. The number of hydrogen-bond donors (Lipinski definition) is 2. The molecule has 1 aliphatic rings. The number of rotatable bonds is 5. The average molecular weight is 427 g/mol. The van der Waals surface area contributed by atoms with Crippen molar-refractivity contribution in [3.8, 4) is 23.3 Å². The number of benzene rings is 1. The Morgan fingerprint density at radius 1 is 1.19 bits per heavy atom. The summed E-state index contributed by atoms with van der Waals surface area (Å²) in [6, 6.07) is 10.3. The highest BCUT2D eigenvalue weighted by molar-refractivity contribution is 5.69. The highest BCUT2D eigenvalue weighted by atomic mass is 19.1. The SMILES string of the molecule is N#Cc1cnccc1Nc1nc(-c2nn(Cc3ccccc3F)c3c2CCC3)ncc1O. The van der Waals surface area contributed by atoms with Crippen molar-refractivity contribution in [2.75, 3.05) is 5.32 Å². The van der Waals surface area contributed by atoms with E-state index in [1.165, 1.54) is 18.5 Å². The Hall–Kier alpha value is -4.32. The van der Waals surface area contributed by atoms with Gasteiger partial charge in [-0.15, -0.1) is 0 Å². The van der Waals surface area contributed by atoms with Crippen molar-refractivity contribution in [3.05, 3.63) is 77.1 Å². The lowest BCUT2D eigenvalue weighted by molar-refractivity contribution is 0.472. The molecule has 3 aromatic heterocycles. The largest absolute Gasteiger partial charge is 0.503 e. The van der Waals surface area contributed by atoms with Crippen molar-refractivity contribution < 1.29 is 9.50 Å². The van der Waals surface area contributed by atoms with Gasteiger partial charge >= 0.3 is 0 Å². The smallest absolute Gasteiger partial charge is 0.182 e. The van der Waals surface area contributed by atoms with Gasteiger partial charge in [0.25, 0.3) is 0 Å². The standard InChI is InChI=1S/C23H18FN7O/c24-17-6-2-1-4-14(17)13-31-19-7-3-5-16(19)21(30-31)23-27-12-20(32)22(29-23)28-18-8-9-26-11-15(18)10-25/h1-2,4,6,8-9,11-12,32H,3,5,7,13H2,(H,26,27,28,29). The van der Waals surface area contributed by atoms with E-state index in [1.807, 2.05) is 4.68 Å². The molecule has 0 bridgehead atoms. The van der Waals surface area contributed by atoms with E-state index < -0.39 is 0 Å². The van der Waals surface area contributed by atoms with Crippen LogP contribution in [0.25, 0.3) is 11.5 Å². The number of aromatic nitrogens is 5. The molecule has 0 unspecified atom stereocenters. The van der Waals surface area contributed by atoms with Crippen LogP contribution in [0.1, 0.15) is 28.8 Å². The van der Waals surface area contributed by atoms with Crippen LogP contribution in [0, 0.1) is 17.1 Å². The van der Waals surface area contributed by atoms with E-state index in [9.17, 15) is 14.8 Å². The summed E-state index contributed by atoms with van der Waals surface area (Å²) in [6.07, 6.45) is 6.93. The number of aromatic hydroxyl groups is 1. The number of nitrogens with zero attached hydrogens (tertiary/aromatic N) is 6. The van der Waals surface area contributed by atoms with Crippen molar-refractivity contribution >= 4 is 11.5 Å². The normalized spacial score (nSPS) is 12.4. The van der Waals surface area contributed by atoms with Crippen LogP contribution in [-0.4, -0.2) is 29.8 Å². The first-order valence-electron chi connectivity index (χ1n) is 10.1. The summed E-state index contributed by atoms with van der Waals surface area (Å²) >= 11 is 0. The Labute approximate surface area is 183 Å². The highest BCUT2D eigenvalue weighted by Crippen LogP contribution is 2.33. The maximum Gasteiger partial charge on any atom is 0.182 e. The molecular formula is C23H18FN7O. The lowest BCUT2D eigenvalue weighted by atomic mass is 10.2. The van der Waals surface area contributed by atoms with E-state index in [-0.39, 0.29) is 17.4 Å². The first-order valence-corrected chi connectivity index (χ1v) is 10.1. The highest BCUT2D eigenvalue weighted by Gasteiger charge is 2.26. The lowest BCUT2D eigenvalue weighted by Crippen LogP contribution is -2.07. The van der Waals surface area contributed by atoms with Crippen LogP contribution in [0.4, 0.5) is 15.9 Å². The molecule has 0 aliphatic heterocycles. The van der Waals surface area contributed by atoms with Gasteiger partial charge in [0.1, 0.15) is 17.6 Å². The third-order valence-corrected chi connectivity index (χ3v) is 5.46. The van der Waals surface area contributed by atoms with Gasteiger partial charge < -0.3 is 10.4 Å². The molecule has 0 fully saturated rings. The van der Waals surface area contributed by atoms with Gasteiger partial charge in [0, 0.05) is 29.2 Å². The topological polar surface area (TPSA) is 113 Å². The molecule has 0 saturated heterocycles. The lowest BCUT2D eigenvalue weighted by Gasteiger charge is -2.09. The van der Waals surface area contributed by atoms with Crippen LogP contribution in [0.3, 0.4) is 0 Å². The minimum Gasteiger partial charge on any atom is -0.503 e. The molecule has 3 heterocycles. The van der Waals surface area contributed by atoms with Gasteiger partial charge in [-0.2, -0.15) is 10.4 Å². The van der Waals surface area contributed by atoms with Crippen LogP contribution >= 0.6 is 0 Å². The molecule has 0 saturated carbocycles. The van der Waals surface area contributed by atoms with E-state index >= 15 is 0 Å². The molecule has 9 heteroatoms. The third kappa shape index (κ3) is 3.52. The zero-order valence-electron chi connectivity index (χ0n) is 17.0. The number of nitriles is 1. The van der Waals surface area contributed by atoms with Crippen molar-refractivity contribution in [2.24, 2.45) is 0 Å². The molecule has 0 atom stereocenters. The monoisotopic (exact) mass is 427 g/mol. The zero-order valence-corrected chi connectivity index (χ0v) is 17.0. The molecule has 8 nitrogen and oxygen atoms in total. The van der Waals surface area contributed by atoms with Gasteiger partial charge in [-0.25, -0.2) is 14.4 Å². The maximum absolute atomic E-state index is 14.2. The first-order chi connectivity index (χ1) is 15.6. The van der Waals surface area contributed by atoms with Crippen LogP contribution in [-0.2, 0) is 19.4 Å². The second kappa shape index (κ2) is 8.07. The van der Waals surface area contributed by atoms with Gasteiger partial charge in [-0.1, -0.05) is 18.2 Å². The summed E-state index contributed by atoms with van der Waals surface area (Å²) in [5, 5.41) is 27.2. The molecular weight excluding hydrogens is 409 g/mol. The summed E-state index contributed by atoms with van der Waals surface area (Å²) in [6.45, 7) is 0.320. The summed E-state index contributed by atoms with van der Waals surface area (Å²) in [5.74, 6) is 0.0857. The summed E-state index contributed by atoms with van der Waals surface area (Å²) in [5.41, 5.74) is 4.06. The molecule has 1 aromatic carbocycles. The number of anilines is 2. The molecule has 0 amide bonds. The molecule has 1 aliphatic carbocycles. The number of fused-ring (bicyclic) bond motifs is 1. The third-order valence-electron chi connectivity index (χ3n) is 5.46. The minimum atomic E-state index is -0.269. The van der Waals surface area contributed by atoms with E-state index in [4.69, 9.17) is 5.10 Å². The Kier molecular flexibility index (Phi) is 4.95. The van der Waals surface area contributed by atoms with Gasteiger partial charge in [0.15, 0.2) is 17.4 Å². The molecule has 5 rings (SSSR count). The van der Waals surface area contributed by atoms with E-state index in [1.54, 1.807) is 30.5 Å². The fourth-order valence-electron chi connectivity index (χ4n) is 3.91. The van der Waals surface area contributed by atoms with Gasteiger partial charge in [-0.3, -0.25) is 9.67 Å². The van der Waals surface area contributed by atoms with Crippen LogP contribution in [0.5, 0.6) is 5.75 Å². The van der Waals surface area contributed by atoms with Crippen molar-refractivity contribution in [2.45, 2.75) is 25.8 Å². The second-order valence-corrected chi connectivity index (χ2v) is 7.46.